The van der Waals surface area contributed by atoms with Gasteiger partial charge in [0.1, 0.15) is 16.8 Å². The maximum absolute atomic E-state index is 13.1. The van der Waals surface area contributed by atoms with E-state index in [2.05, 4.69) is 16.9 Å². The molecule has 1 N–H and O–H groups in total. The van der Waals surface area contributed by atoms with Gasteiger partial charge in [0.2, 0.25) is 11.8 Å². The van der Waals surface area contributed by atoms with Crippen LogP contribution in [0.15, 0.2) is 66.2 Å². The second-order valence-electron chi connectivity index (χ2n) is 6.84. The maximum atomic E-state index is 13.1. The number of ether oxygens (including phenoxy) is 1. The van der Waals surface area contributed by atoms with Gasteiger partial charge in [0.05, 0.1) is 12.3 Å². The highest BCUT2D eigenvalue weighted by molar-refractivity contribution is 8.15. The molecule has 1 aliphatic heterocycles. The standard InChI is InChI=1S/C23H24FN3O3S/c1-3-13-27-22(29)20(31-23(27)26-18-7-5-16(24)6-8-18)15-21(28)25-17-9-11-19(12-10-17)30-14-4-2/h3,5-12,20H,1,4,13-15H2,2H3,(H,25,28). The monoisotopic (exact) mass is 441 g/mol. The van der Waals surface area contributed by atoms with Crippen molar-refractivity contribution in [1.29, 1.82) is 0 Å². The fourth-order valence-corrected chi connectivity index (χ4v) is 4.05. The minimum absolute atomic E-state index is 0.00761. The molecule has 162 valence electrons. The molecule has 1 unspecified atom stereocenters. The van der Waals surface area contributed by atoms with Gasteiger partial charge >= 0.3 is 0 Å². The van der Waals surface area contributed by atoms with Gasteiger partial charge in [0.25, 0.3) is 0 Å². The van der Waals surface area contributed by atoms with Gasteiger partial charge in [0.15, 0.2) is 5.17 Å². The lowest BCUT2D eigenvalue weighted by Crippen LogP contribution is -2.33. The number of amidine groups is 1. The number of carbonyl (C=O) groups is 2. The zero-order valence-electron chi connectivity index (χ0n) is 17.2. The zero-order chi connectivity index (χ0) is 22.2. The number of halogens is 1. The lowest BCUT2D eigenvalue weighted by atomic mass is 10.2. The number of aliphatic imine (C=N–C) groups is 1. The normalized spacial score (nSPS) is 17.1. The first kappa shape index (κ1) is 22.6. The van der Waals surface area contributed by atoms with Crippen molar-refractivity contribution < 1.29 is 18.7 Å². The summed E-state index contributed by atoms with van der Waals surface area (Å²) >= 11 is 1.22. The minimum atomic E-state index is -0.591. The van der Waals surface area contributed by atoms with Gasteiger partial charge in [-0.2, -0.15) is 0 Å². The van der Waals surface area contributed by atoms with E-state index in [0.29, 0.717) is 23.1 Å². The first-order valence-electron chi connectivity index (χ1n) is 9.96. The zero-order valence-corrected chi connectivity index (χ0v) is 18.0. The lowest BCUT2D eigenvalue weighted by Gasteiger charge is -2.13. The van der Waals surface area contributed by atoms with E-state index in [1.807, 2.05) is 6.92 Å². The van der Waals surface area contributed by atoms with Crippen LogP contribution in [0.4, 0.5) is 15.8 Å². The Kier molecular flexibility index (Phi) is 7.83. The van der Waals surface area contributed by atoms with E-state index in [9.17, 15) is 14.0 Å². The first-order chi connectivity index (χ1) is 15.0. The molecule has 3 rings (SSSR count). The van der Waals surface area contributed by atoms with Crippen molar-refractivity contribution in [3.05, 3.63) is 67.0 Å². The molecule has 1 fully saturated rings. The number of hydrogen-bond acceptors (Lipinski definition) is 5. The third kappa shape index (κ3) is 6.18. The van der Waals surface area contributed by atoms with Crippen LogP contribution in [0.25, 0.3) is 0 Å². The van der Waals surface area contributed by atoms with E-state index < -0.39 is 5.25 Å². The van der Waals surface area contributed by atoms with Gasteiger partial charge in [-0.05, 0) is 55.0 Å². The van der Waals surface area contributed by atoms with E-state index in [-0.39, 0.29) is 30.6 Å². The van der Waals surface area contributed by atoms with Crippen molar-refractivity contribution in [1.82, 2.24) is 4.90 Å². The van der Waals surface area contributed by atoms with Crippen LogP contribution >= 0.6 is 11.8 Å². The molecule has 2 aromatic carbocycles. The fourth-order valence-electron chi connectivity index (χ4n) is 2.88. The summed E-state index contributed by atoms with van der Waals surface area (Å²) in [7, 11) is 0. The number of nitrogens with zero attached hydrogens (tertiary/aromatic N) is 2. The molecule has 1 saturated heterocycles. The number of thioether (sulfide) groups is 1. The number of carbonyl (C=O) groups excluding carboxylic acids is 2. The van der Waals surface area contributed by atoms with Crippen molar-refractivity contribution in [3.8, 4) is 5.75 Å². The Bertz CT molecular complexity index is 961. The van der Waals surface area contributed by atoms with E-state index in [1.165, 1.54) is 40.9 Å². The second kappa shape index (κ2) is 10.8. The van der Waals surface area contributed by atoms with E-state index in [1.54, 1.807) is 30.3 Å². The van der Waals surface area contributed by atoms with Gasteiger partial charge in [-0.1, -0.05) is 24.8 Å². The van der Waals surface area contributed by atoms with Gasteiger partial charge in [-0.25, -0.2) is 9.38 Å². The smallest absolute Gasteiger partial charge is 0.242 e. The summed E-state index contributed by atoms with van der Waals surface area (Å²) in [5, 5.41) is 2.68. The SMILES string of the molecule is C=CCN1C(=O)C(CC(=O)Nc2ccc(OCCC)cc2)SC1=Nc1ccc(F)cc1. The summed E-state index contributed by atoms with van der Waals surface area (Å²) in [6, 6.07) is 12.8. The molecule has 1 heterocycles. The molecule has 0 aliphatic carbocycles. The van der Waals surface area contributed by atoms with E-state index >= 15 is 0 Å². The molecule has 1 atom stereocenters. The Morgan fingerprint density at radius 1 is 1.26 bits per heavy atom. The second-order valence-corrected chi connectivity index (χ2v) is 8.01. The molecule has 0 bridgehead atoms. The Hall–Kier alpha value is -3.13. The summed E-state index contributed by atoms with van der Waals surface area (Å²) in [5.74, 6) is -0.0940. The molecule has 0 aromatic heterocycles. The minimum Gasteiger partial charge on any atom is -0.494 e. The van der Waals surface area contributed by atoms with Crippen molar-refractivity contribution in [2.45, 2.75) is 25.0 Å². The molecule has 0 saturated carbocycles. The Balaban J connectivity index is 1.65. The van der Waals surface area contributed by atoms with Gasteiger partial charge in [0, 0.05) is 18.7 Å². The number of hydrogen-bond donors (Lipinski definition) is 1. The average molecular weight is 442 g/mol. The third-order valence-corrected chi connectivity index (χ3v) is 5.54. The predicted molar refractivity (Wildman–Crippen MR) is 122 cm³/mol. The highest BCUT2D eigenvalue weighted by atomic mass is 32.2. The fraction of sp³-hybridized carbons (Fsp3) is 0.261. The quantitative estimate of drug-likeness (QED) is 0.570. The molecule has 2 amide bonds. The van der Waals surface area contributed by atoms with Gasteiger partial charge in [-0.15, -0.1) is 6.58 Å². The summed E-state index contributed by atoms with van der Waals surface area (Å²) in [4.78, 5) is 31.2. The van der Waals surface area contributed by atoms with Crippen molar-refractivity contribution >= 4 is 40.1 Å². The number of anilines is 1. The molecule has 1 aliphatic rings. The van der Waals surface area contributed by atoms with Crippen molar-refractivity contribution in [2.75, 3.05) is 18.5 Å². The number of nitrogens with one attached hydrogen (secondary N) is 1. The summed E-state index contributed by atoms with van der Waals surface area (Å²) < 4.78 is 18.7. The molecule has 0 spiro atoms. The Labute approximate surface area is 185 Å². The molecule has 8 heteroatoms. The van der Waals surface area contributed by atoms with Crippen LogP contribution in [0.3, 0.4) is 0 Å². The van der Waals surface area contributed by atoms with Crippen LogP contribution < -0.4 is 10.1 Å². The topological polar surface area (TPSA) is 71.0 Å². The van der Waals surface area contributed by atoms with Crippen LogP contribution in [0, 0.1) is 5.82 Å². The molecular formula is C23H24FN3O3S. The predicted octanol–water partition coefficient (Wildman–Crippen LogP) is 4.76. The third-order valence-electron chi connectivity index (χ3n) is 4.36. The molecular weight excluding hydrogens is 417 g/mol. The maximum Gasteiger partial charge on any atom is 0.242 e. The molecule has 2 aromatic rings. The number of rotatable bonds is 9. The average Bonchev–Trinajstić information content (AvgIpc) is 3.04. The summed E-state index contributed by atoms with van der Waals surface area (Å²) in [5.41, 5.74) is 1.16. The molecule has 31 heavy (non-hydrogen) atoms. The van der Waals surface area contributed by atoms with Crippen molar-refractivity contribution in [3.63, 3.8) is 0 Å². The molecule has 0 radical (unpaired) electrons. The van der Waals surface area contributed by atoms with Crippen LogP contribution in [0.5, 0.6) is 5.75 Å². The van der Waals surface area contributed by atoms with E-state index in [0.717, 1.165) is 12.2 Å². The van der Waals surface area contributed by atoms with Gasteiger partial charge < -0.3 is 10.1 Å². The number of benzene rings is 2. The summed E-state index contributed by atoms with van der Waals surface area (Å²) in [6.45, 7) is 6.63. The Morgan fingerprint density at radius 2 is 1.97 bits per heavy atom. The summed E-state index contributed by atoms with van der Waals surface area (Å²) in [6.07, 6.45) is 2.53. The van der Waals surface area contributed by atoms with Crippen molar-refractivity contribution in [2.24, 2.45) is 4.99 Å². The van der Waals surface area contributed by atoms with Gasteiger partial charge in [-0.3, -0.25) is 14.5 Å². The largest absolute Gasteiger partial charge is 0.494 e. The van der Waals surface area contributed by atoms with Crippen LogP contribution in [0.2, 0.25) is 0 Å². The van der Waals surface area contributed by atoms with Crippen LogP contribution in [0.1, 0.15) is 19.8 Å². The highest BCUT2D eigenvalue weighted by Crippen LogP contribution is 2.32. The Morgan fingerprint density at radius 3 is 2.61 bits per heavy atom. The van der Waals surface area contributed by atoms with Crippen LogP contribution in [-0.2, 0) is 9.59 Å². The lowest BCUT2D eigenvalue weighted by molar-refractivity contribution is -0.127. The van der Waals surface area contributed by atoms with Crippen LogP contribution in [-0.4, -0.2) is 40.3 Å². The highest BCUT2D eigenvalue weighted by Gasteiger charge is 2.38. The molecule has 6 nitrogen and oxygen atoms in total. The van der Waals surface area contributed by atoms with E-state index in [4.69, 9.17) is 4.74 Å². The number of amides is 2. The first-order valence-corrected chi connectivity index (χ1v) is 10.8.